The van der Waals surface area contributed by atoms with Crippen molar-refractivity contribution in [3.05, 3.63) is 42.2 Å². The number of alkyl halides is 3. The molecule has 0 saturated carbocycles. The van der Waals surface area contributed by atoms with E-state index >= 15 is 0 Å². The molecule has 2 heterocycles. The van der Waals surface area contributed by atoms with Gasteiger partial charge in [-0.05, 0) is 68.3 Å². The number of rotatable bonds is 1. The van der Waals surface area contributed by atoms with Gasteiger partial charge in [-0.1, -0.05) is 24.3 Å². The zero-order chi connectivity index (χ0) is 19.5. The zero-order valence-electron chi connectivity index (χ0n) is 14.8. The average molecular weight is 381 g/mol. The molecule has 146 valence electrons. The lowest BCUT2D eigenvalue weighted by atomic mass is 9.69. The molecule has 2 aromatic rings. The van der Waals surface area contributed by atoms with Crippen LogP contribution < -0.4 is 5.32 Å². The molecule has 1 spiro atoms. The molecule has 27 heavy (non-hydrogen) atoms. The Labute approximate surface area is 155 Å². The number of halogens is 3. The van der Waals surface area contributed by atoms with Crippen molar-refractivity contribution in [1.82, 2.24) is 5.32 Å². The van der Waals surface area contributed by atoms with Crippen molar-refractivity contribution in [1.29, 1.82) is 0 Å². The van der Waals surface area contributed by atoms with E-state index in [1.54, 1.807) is 0 Å². The second-order valence-electron chi connectivity index (χ2n) is 7.13. The van der Waals surface area contributed by atoms with Crippen LogP contribution in [0.5, 0.6) is 0 Å². The fraction of sp³-hybridized carbons (Fsp3) is 0.450. The van der Waals surface area contributed by atoms with Crippen LogP contribution in [-0.4, -0.2) is 30.3 Å². The van der Waals surface area contributed by atoms with E-state index in [2.05, 4.69) is 35.7 Å². The predicted molar refractivity (Wildman–Crippen MR) is 96.3 cm³/mol. The number of allylic oxidation sites excluding steroid dienone is 2. The molecule has 2 aliphatic rings. The molecule has 0 unspecified atom stereocenters. The number of para-hydroxylation sites is 1. The number of aliphatic carboxylic acids is 1. The summed E-state index contributed by atoms with van der Waals surface area (Å²) >= 11 is 0. The monoisotopic (exact) mass is 381 g/mol. The lowest BCUT2D eigenvalue weighted by Crippen LogP contribution is -2.37. The van der Waals surface area contributed by atoms with Crippen molar-refractivity contribution >= 4 is 22.5 Å². The summed E-state index contributed by atoms with van der Waals surface area (Å²) in [6.07, 6.45) is 3.72. The van der Waals surface area contributed by atoms with E-state index in [0.717, 1.165) is 11.3 Å². The van der Waals surface area contributed by atoms with Gasteiger partial charge in [0.25, 0.3) is 0 Å². The van der Waals surface area contributed by atoms with Gasteiger partial charge in [-0.3, -0.25) is 0 Å². The summed E-state index contributed by atoms with van der Waals surface area (Å²) in [5.41, 5.74) is 2.98. The summed E-state index contributed by atoms with van der Waals surface area (Å²) in [5, 5.41) is 11.8. The van der Waals surface area contributed by atoms with E-state index in [9.17, 15) is 13.2 Å². The van der Waals surface area contributed by atoms with Crippen LogP contribution in [0.4, 0.5) is 13.2 Å². The standard InChI is InChI=1S/C18H21NO.C2HF3O2/c1-2-4-16-15(3-1)13-17(20-16)14-5-7-18(8-6-14)9-11-19-12-10-18;3-2(4,5)1(6)7/h1-5,13,19H,6-12H2;(H,6,7). The minimum absolute atomic E-state index is 0.570. The molecule has 0 bridgehead atoms. The van der Waals surface area contributed by atoms with Crippen molar-refractivity contribution < 1.29 is 27.5 Å². The van der Waals surface area contributed by atoms with Crippen molar-refractivity contribution in [2.75, 3.05) is 13.1 Å². The van der Waals surface area contributed by atoms with Gasteiger partial charge in [0.1, 0.15) is 11.3 Å². The number of carboxylic acid groups (broad SMARTS) is 1. The number of hydrogen-bond acceptors (Lipinski definition) is 3. The Hall–Kier alpha value is -2.28. The van der Waals surface area contributed by atoms with Crippen LogP contribution >= 0.6 is 0 Å². The third-order valence-electron chi connectivity index (χ3n) is 5.35. The van der Waals surface area contributed by atoms with Gasteiger partial charge in [0.15, 0.2) is 0 Å². The molecular formula is C20H22F3NO3. The van der Waals surface area contributed by atoms with Crippen molar-refractivity contribution in [2.45, 2.75) is 38.3 Å². The molecule has 1 saturated heterocycles. The average Bonchev–Trinajstić information content (AvgIpc) is 3.07. The molecule has 2 N–H and O–H groups in total. The molecule has 1 aromatic carbocycles. The predicted octanol–water partition coefficient (Wildman–Crippen LogP) is 5.00. The molecule has 1 aliphatic heterocycles. The summed E-state index contributed by atoms with van der Waals surface area (Å²) < 4.78 is 37.7. The second kappa shape index (κ2) is 7.76. The van der Waals surface area contributed by atoms with Gasteiger partial charge < -0.3 is 14.8 Å². The first kappa shape index (κ1) is 19.5. The Morgan fingerprint density at radius 1 is 1.15 bits per heavy atom. The highest BCUT2D eigenvalue weighted by molar-refractivity contribution is 5.82. The quantitative estimate of drug-likeness (QED) is 0.729. The van der Waals surface area contributed by atoms with Crippen LogP contribution in [0.25, 0.3) is 16.5 Å². The van der Waals surface area contributed by atoms with Gasteiger partial charge in [-0.25, -0.2) is 4.79 Å². The molecule has 1 aromatic heterocycles. The van der Waals surface area contributed by atoms with Crippen LogP contribution in [-0.2, 0) is 4.79 Å². The largest absolute Gasteiger partial charge is 0.490 e. The topological polar surface area (TPSA) is 62.5 Å². The maximum Gasteiger partial charge on any atom is 0.490 e. The van der Waals surface area contributed by atoms with Gasteiger partial charge in [0.05, 0.1) is 0 Å². The van der Waals surface area contributed by atoms with Crippen LogP contribution in [0.3, 0.4) is 0 Å². The van der Waals surface area contributed by atoms with Crippen LogP contribution in [0, 0.1) is 5.41 Å². The Kier molecular flexibility index (Phi) is 5.60. The first-order valence-corrected chi connectivity index (χ1v) is 8.98. The number of piperidine rings is 1. The number of fused-ring (bicyclic) bond motifs is 1. The summed E-state index contributed by atoms with van der Waals surface area (Å²) in [7, 11) is 0. The Bertz CT molecular complexity index is 799. The fourth-order valence-electron chi connectivity index (χ4n) is 3.72. The highest BCUT2D eigenvalue weighted by atomic mass is 19.4. The minimum atomic E-state index is -5.08. The smallest absolute Gasteiger partial charge is 0.475 e. The molecule has 4 rings (SSSR count). The second-order valence-corrected chi connectivity index (χ2v) is 7.13. The van der Waals surface area contributed by atoms with E-state index in [1.807, 2.05) is 6.07 Å². The number of hydrogen-bond donors (Lipinski definition) is 2. The maximum atomic E-state index is 10.6. The Balaban J connectivity index is 0.000000260. The molecule has 4 nitrogen and oxygen atoms in total. The number of furan rings is 1. The summed E-state index contributed by atoms with van der Waals surface area (Å²) in [5.74, 6) is -1.68. The molecule has 0 radical (unpaired) electrons. The molecule has 1 fully saturated rings. The van der Waals surface area contributed by atoms with Crippen molar-refractivity contribution in [3.8, 4) is 0 Å². The fourth-order valence-corrected chi connectivity index (χ4v) is 3.72. The molecule has 7 heteroatoms. The van der Waals surface area contributed by atoms with Gasteiger partial charge in [0, 0.05) is 5.39 Å². The first-order chi connectivity index (χ1) is 12.8. The third kappa shape index (κ3) is 4.71. The Morgan fingerprint density at radius 2 is 1.81 bits per heavy atom. The Morgan fingerprint density at radius 3 is 2.37 bits per heavy atom. The van der Waals surface area contributed by atoms with Gasteiger partial charge in [-0.2, -0.15) is 13.2 Å². The summed E-state index contributed by atoms with van der Waals surface area (Å²) in [6, 6.07) is 10.5. The lowest BCUT2D eigenvalue weighted by molar-refractivity contribution is -0.192. The van der Waals surface area contributed by atoms with Gasteiger partial charge in [-0.15, -0.1) is 0 Å². The van der Waals surface area contributed by atoms with Crippen LogP contribution in [0.2, 0.25) is 0 Å². The van der Waals surface area contributed by atoms with E-state index in [4.69, 9.17) is 14.3 Å². The highest BCUT2D eigenvalue weighted by Gasteiger charge is 2.38. The normalized spacial score (nSPS) is 19.3. The van der Waals surface area contributed by atoms with E-state index in [1.165, 1.54) is 56.2 Å². The zero-order valence-corrected chi connectivity index (χ0v) is 14.8. The van der Waals surface area contributed by atoms with Crippen molar-refractivity contribution in [3.63, 3.8) is 0 Å². The minimum Gasteiger partial charge on any atom is -0.475 e. The number of benzene rings is 1. The lowest BCUT2D eigenvalue weighted by Gasteiger charge is -2.39. The number of carboxylic acids is 1. The first-order valence-electron chi connectivity index (χ1n) is 8.98. The molecule has 0 amide bonds. The number of nitrogens with one attached hydrogen (secondary N) is 1. The number of carbonyl (C=O) groups is 1. The van der Waals surface area contributed by atoms with Crippen molar-refractivity contribution in [2.24, 2.45) is 5.41 Å². The van der Waals surface area contributed by atoms with E-state index in [-0.39, 0.29) is 0 Å². The highest BCUT2D eigenvalue weighted by Crippen LogP contribution is 2.45. The van der Waals surface area contributed by atoms with E-state index < -0.39 is 12.1 Å². The van der Waals surface area contributed by atoms with Gasteiger partial charge >= 0.3 is 12.1 Å². The van der Waals surface area contributed by atoms with Gasteiger partial charge in [0.2, 0.25) is 0 Å². The summed E-state index contributed by atoms with van der Waals surface area (Å²) in [6.45, 7) is 2.38. The molecule has 0 atom stereocenters. The molecule has 1 aliphatic carbocycles. The van der Waals surface area contributed by atoms with Crippen LogP contribution in [0.1, 0.15) is 37.9 Å². The maximum absolute atomic E-state index is 10.6. The molecular weight excluding hydrogens is 359 g/mol. The summed E-state index contributed by atoms with van der Waals surface area (Å²) in [4.78, 5) is 8.90. The third-order valence-corrected chi connectivity index (χ3v) is 5.35. The SMILES string of the molecule is C1=C(c2cc3ccccc3o2)CCC2(C1)CCNCC2.O=C(O)C(F)(F)F. The van der Waals surface area contributed by atoms with E-state index in [0.29, 0.717) is 5.41 Å². The van der Waals surface area contributed by atoms with Crippen LogP contribution in [0.15, 0.2) is 40.8 Å².